The van der Waals surface area contributed by atoms with E-state index in [9.17, 15) is 14.2 Å². The summed E-state index contributed by atoms with van der Waals surface area (Å²) >= 11 is 0. The average Bonchev–Trinajstić information content (AvgIpc) is 2.81. The van der Waals surface area contributed by atoms with Crippen molar-refractivity contribution in [2.24, 2.45) is 5.92 Å². The van der Waals surface area contributed by atoms with Crippen molar-refractivity contribution in [2.45, 2.75) is 39.3 Å². The Morgan fingerprint density at radius 1 is 0.812 bits per heavy atom. The Labute approximate surface area is 189 Å². The highest BCUT2D eigenvalue weighted by molar-refractivity contribution is 7.54. The highest BCUT2D eigenvalue weighted by Crippen LogP contribution is 2.55. The zero-order valence-electron chi connectivity index (χ0n) is 18.8. The molecular formula is C23H30NO7P. The largest absolute Gasteiger partial charge is 0.444 e. The minimum atomic E-state index is -3.88. The smallest absolute Gasteiger partial charge is 0.420 e. The van der Waals surface area contributed by atoms with Crippen LogP contribution >= 0.6 is 7.60 Å². The Morgan fingerprint density at radius 3 is 1.56 bits per heavy atom. The summed E-state index contributed by atoms with van der Waals surface area (Å²) in [5, 5.41) is 0. The Hall–Kier alpha value is -2.67. The molecule has 1 unspecified atom stereocenters. The van der Waals surface area contributed by atoms with Gasteiger partial charge < -0.3 is 18.5 Å². The maximum atomic E-state index is 13.3. The molecular weight excluding hydrogens is 433 g/mol. The number of ether oxygens (including phenoxy) is 2. The third-order valence-electron chi connectivity index (χ3n) is 4.66. The van der Waals surface area contributed by atoms with E-state index in [1.165, 1.54) is 14.2 Å². The molecule has 8 nitrogen and oxygen atoms in total. The van der Waals surface area contributed by atoms with Gasteiger partial charge in [0.05, 0.1) is 0 Å². The molecule has 0 saturated heterocycles. The molecule has 0 bridgehead atoms. The zero-order valence-corrected chi connectivity index (χ0v) is 19.7. The summed E-state index contributed by atoms with van der Waals surface area (Å²) in [6.45, 7) is 3.60. The lowest BCUT2D eigenvalue weighted by atomic mass is 10.1. The van der Waals surface area contributed by atoms with E-state index in [0.717, 1.165) is 11.1 Å². The molecule has 32 heavy (non-hydrogen) atoms. The number of hydrogen-bond donors (Lipinski definition) is 0. The van der Waals surface area contributed by atoms with Crippen molar-refractivity contribution in [1.82, 2.24) is 4.90 Å². The van der Waals surface area contributed by atoms with Gasteiger partial charge in [0.2, 0.25) is 0 Å². The lowest BCUT2D eigenvalue weighted by molar-refractivity contribution is 0.0582. The van der Waals surface area contributed by atoms with Crippen LogP contribution in [-0.2, 0) is 36.3 Å². The van der Waals surface area contributed by atoms with Crippen molar-refractivity contribution in [3.8, 4) is 0 Å². The fraction of sp³-hybridized carbons (Fsp3) is 0.391. The van der Waals surface area contributed by atoms with Crippen LogP contribution in [0.25, 0.3) is 0 Å². The molecule has 0 heterocycles. The number of rotatable bonds is 10. The average molecular weight is 463 g/mol. The summed E-state index contributed by atoms with van der Waals surface area (Å²) in [5.41, 5.74) is 1.47. The second kappa shape index (κ2) is 12.4. The van der Waals surface area contributed by atoms with Gasteiger partial charge in [0, 0.05) is 14.2 Å². The quantitative estimate of drug-likeness (QED) is 0.410. The summed E-state index contributed by atoms with van der Waals surface area (Å²) < 4.78 is 34.3. The maximum absolute atomic E-state index is 13.3. The van der Waals surface area contributed by atoms with Crippen molar-refractivity contribution in [2.75, 3.05) is 14.2 Å². The van der Waals surface area contributed by atoms with Crippen LogP contribution in [0.3, 0.4) is 0 Å². The highest BCUT2D eigenvalue weighted by Gasteiger charge is 2.46. The van der Waals surface area contributed by atoms with E-state index in [1.807, 2.05) is 26.0 Å². The number of carbonyl (C=O) groups excluding carboxylic acids is 2. The van der Waals surface area contributed by atoms with Crippen molar-refractivity contribution in [3.63, 3.8) is 0 Å². The van der Waals surface area contributed by atoms with E-state index in [-0.39, 0.29) is 25.6 Å². The Balaban J connectivity index is 2.30. The van der Waals surface area contributed by atoms with Gasteiger partial charge in [-0.1, -0.05) is 74.5 Å². The van der Waals surface area contributed by atoms with Crippen LogP contribution < -0.4 is 0 Å². The zero-order chi connectivity index (χ0) is 23.6. The van der Waals surface area contributed by atoms with Crippen LogP contribution in [0, 0.1) is 5.92 Å². The predicted molar refractivity (Wildman–Crippen MR) is 120 cm³/mol. The molecule has 0 aliphatic carbocycles. The predicted octanol–water partition coefficient (Wildman–Crippen LogP) is 5.82. The normalized spacial score (nSPS) is 12.3. The van der Waals surface area contributed by atoms with Gasteiger partial charge >= 0.3 is 19.8 Å². The molecule has 174 valence electrons. The standard InChI is InChI=1S/C23H30NO7P/c1-18(2)15-21(32(27,28-3)29-4)24(22(25)30-16-19-11-7-5-8-12-19)23(26)31-17-20-13-9-6-10-14-20/h5-14,18,21H,15-17H2,1-4H3. The van der Waals surface area contributed by atoms with Crippen molar-refractivity contribution in [3.05, 3.63) is 71.8 Å². The number of imide groups is 1. The van der Waals surface area contributed by atoms with E-state index < -0.39 is 25.6 Å². The van der Waals surface area contributed by atoms with E-state index in [4.69, 9.17) is 18.5 Å². The summed E-state index contributed by atoms with van der Waals surface area (Å²) in [4.78, 5) is 26.8. The van der Waals surface area contributed by atoms with E-state index in [0.29, 0.717) is 4.90 Å². The summed E-state index contributed by atoms with van der Waals surface area (Å²) in [7, 11) is -1.46. The molecule has 0 aliphatic rings. The molecule has 2 amide bonds. The highest BCUT2D eigenvalue weighted by atomic mass is 31.2. The van der Waals surface area contributed by atoms with Gasteiger partial charge in [0.25, 0.3) is 0 Å². The number of nitrogens with zero attached hydrogens (tertiary/aromatic N) is 1. The first-order valence-corrected chi connectivity index (χ1v) is 11.8. The third kappa shape index (κ3) is 7.19. The van der Waals surface area contributed by atoms with E-state index >= 15 is 0 Å². The van der Waals surface area contributed by atoms with Crippen molar-refractivity contribution >= 4 is 19.8 Å². The minimum Gasteiger partial charge on any atom is -0.444 e. The molecule has 9 heteroatoms. The minimum absolute atomic E-state index is 0.0371. The van der Waals surface area contributed by atoms with Crippen LogP contribution in [0.2, 0.25) is 0 Å². The van der Waals surface area contributed by atoms with Crippen LogP contribution in [0.15, 0.2) is 60.7 Å². The third-order valence-corrected chi connectivity index (χ3v) is 6.85. The molecule has 0 radical (unpaired) electrons. The van der Waals surface area contributed by atoms with Crippen molar-refractivity contribution < 1.29 is 32.7 Å². The molecule has 2 rings (SSSR count). The lowest BCUT2D eigenvalue weighted by Gasteiger charge is -2.33. The fourth-order valence-electron chi connectivity index (χ4n) is 3.01. The number of hydrogen-bond acceptors (Lipinski definition) is 7. The first kappa shape index (κ1) is 25.6. The summed E-state index contributed by atoms with van der Waals surface area (Å²) in [6.07, 6.45) is -1.82. The number of amides is 2. The monoisotopic (exact) mass is 463 g/mol. The van der Waals surface area contributed by atoms with Gasteiger partial charge in [0.1, 0.15) is 19.0 Å². The lowest BCUT2D eigenvalue weighted by Crippen LogP contribution is -2.46. The van der Waals surface area contributed by atoms with Crippen molar-refractivity contribution in [1.29, 1.82) is 0 Å². The van der Waals surface area contributed by atoms with Crippen LogP contribution in [-0.4, -0.2) is 37.1 Å². The van der Waals surface area contributed by atoms with Crippen LogP contribution in [0.1, 0.15) is 31.4 Å². The summed E-state index contributed by atoms with van der Waals surface area (Å²) in [5.74, 6) is -1.26. The van der Waals surface area contributed by atoms with Gasteiger partial charge in [-0.2, -0.15) is 4.90 Å². The van der Waals surface area contributed by atoms with Gasteiger partial charge in [-0.15, -0.1) is 0 Å². The Kier molecular flexibility index (Phi) is 9.91. The van der Waals surface area contributed by atoms with E-state index in [1.54, 1.807) is 48.5 Å². The number of benzene rings is 2. The molecule has 2 aromatic rings. The Morgan fingerprint density at radius 2 is 1.22 bits per heavy atom. The molecule has 0 aliphatic heterocycles. The first-order chi connectivity index (χ1) is 15.3. The molecule has 0 spiro atoms. The van der Waals surface area contributed by atoms with Gasteiger partial charge in [-0.05, 0) is 23.5 Å². The van der Waals surface area contributed by atoms with Crippen LogP contribution in [0.5, 0.6) is 0 Å². The fourth-order valence-corrected chi connectivity index (χ4v) is 4.80. The second-order valence-corrected chi connectivity index (χ2v) is 9.87. The summed E-state index contributed by atoms with van der Waals surface area (Å²) in [6, 6.07) is 18.0. The molecule has 0 aromatic heterocycles. The van der Waals surface area contributed by atoms with Gasteiger partial charge in [0.15, 0.2) is 0 Å². The SMILES string of the molecule is COP(=O)(OC)C(CC(C)C)N(C(=O)OCc1ccccc1)C(=O)OCc1ccccc1. The first-order valence-electron chi connectivity index (χ1n) is 10.2. The van der Waals surface area contributed by atoms with Crippen LogP contribution in [0.4, 0.5) is 9.59 Å². The Bertz CT molecular complexity index is 842. The van der Waals surface area contributed by atoms with Gasteiger partial charge in [-0.25, -0.2) is 9.59 Å². The van der Waals surface area contributed by atoms with Gasteiger partial charge in [-0.3, -0.25) is 4.57 Å². The molecule has 1 atom stereocenters. The molecule has 0 fully saturated rings. The number of carbonyl (C=O) groups is 2. The maximum Gasteiger partial charge on any atom is 0.420 e. The molecule has 0 saturated carbocycles. The van der Waals surface area contributed by atoms with E-state index in [2.05, 4.69) is 0 Å². The topological polar surface area (TPSA) is 91.4 Å². The second-order valence-electron chi connectivity index (χ2n) is 7.47. The molecule has 2 aromatic carbocycles. The molecule has 0 N–H and O–H groups in total.